The van der Waals surface area contributed by atoms with Crippen LogP contribution >= 0.6 is 11.6 Å². The van der Waals surface area contributed by atoms with Crippen LogP contribution in [-0.2, 0) is 0 Å². The molecule has 0 aliphatic heterocycles. The summed E-state index contributed by atoms with van der Waals surface area (Å²) in [5.74, 6) is -0.400. The summed E-state index contributed by atoms with van der Waals surface area (Å²) in [6.45, 7) is 0. The van der Waals surface area contributed by atoms with Crippen molar-refractivity contribution in [2.45, 2.75) is 0 Å². The lowest BCUT2D eigenvalue weighted by Gasteiger charge is -2.11. The predicted molar refractivity (Wildman–Crippen MR) is 95.0 cm³/mol. The zero-order chi connectivity index (χ0) is 16.7. The second-order valence-electron chi connectivity index (χ2n) is 4.91. The molecule has 118 valence electrons. The smallest absolute Gasteiger partial charge is 0.274 e. The van der Waals surface area contributed by atoms with Crippen molar-refractivity contribution < 1.29 is 4.79 Å². The van der Waals surface area contributed by atoms with Crippen LogP contribution < -0.4 is 10.3 Å². The molecule has 1 heterocycles. The highest BCUT2D eigenvalue weighted by Crippen LogP contribution is 2.13. The van der Waals surface area contributed by atoms with Gasteiger partial charge in [-0.25, -0.2) is 10.4 Å². The highest BCUT2D eigenvalue weighted by Gasteiger charge is 2.08. The van der Waals surface area contributed by atoms with Crippen LogP contribution in [0.2, 0.25) is 5.15 Å². The standard InChI is InChI=1S/C17H17ClN4O/c1-22(2)14-9-7-13(8-10-14)5-3-12-20-21-17(23)15-6-4-11-19-16(15)18/h3-12H,1-2H3,(H,21,23). The number of allylic oxidation sites excluding steroid dienone is 1. The molecule has 0 aliphatic carbocycles. The Labute approximate surface area is 140 Å². The Balaban J connectivity index is 1.89. The second-order valence-corrected chi connectivity index (χ2v) is 5.26. The van der Waals surface area contributed by atoms with E-state index in [2.05, 4.69) is 15.5 Å². The first-order chi connectivity index (χ1) is 11.1. The normalized spacial score (nSPS) is 11.1. The summed E-state index contributed by atoms with van der Waals surface area (Å²) in [7, 11) is 3.99. The SMILES string of the molecule is CN(C)c1ccc(C=CC=NNC(=O)c2cccnc2Cl)cc1. The molecule has 0 aliphatic rings. The van der Waals surface area contributed by atoms with Crippen LogP contribution in [0, 0.1) is 0 Å². The molecular weight excluding hydrogens is 312 g/mol. The molecule has 0 fully saturated rings. The maximum Gasteiger partial charge on any atom is 0.274 e. The zero-order valence-electron chi connectivity index (χ0n) is 12.9. The molecule has 1 aromatic carbocycles. The number of benzene rings is 1. The maximum atomic E-state index is 11.8. The van der Waals surface area contributed by atoms with Crippen molar-refractivity contribution >= 4 is 35.5 Å². The Hall–Kier alpha value is -2.66. The number of aromatic nitrogens is 1. The monoisotopic (exact) mass is 328 g/mol. The molecule has 6 heteroatoms. The summed E-state index contributed by atoms with van der Waals surface area (Å²) >= 11 is 5.83. The van der Waals surface area contributed by atoms with Crippen molar-refractivity contribution in [3.05, 3.63) is 65.0 Å². The van der Waals surface area contributed by atoms with Crippen LogP contribution in [0.5, 0.6) is 0 Å². The molecule has 5 nitrogen and oxygen atoms in total. The van der Waals surface area contributed by atoms with Gasteiger partial charge in [-0.1, -0.05) is 29.8 Å². The Morgan fingerprint density at radius 3 is 2.65 bits per heavy atom. The largest absolute Gasteiger partial charge is 0.378 e. The van der Waals surface area contributed by atoms with Crippen molar-refractivity contribution in [3.63, 3.8) is 0 Å². The molecule has 23 heavy (non-hydrogen) atoms. The molecule has 1 N–H and O–H groups in total. The average molecular weight is 329 g/mol. The lowest BCUT2D eigenvalue weighted by atomic mass is 10.2. The minimum Gasteiger partial charge on any atom is -0.378 e. The number of pyridine rings is 1. The van der Waals surface area contributed by atoms with Gasteiger partial charge < -0.3 is 4.90 Å². The van der Waals surface area contributed by atoms with Gasteiger partial charge in [0.15, 0.2) is 0 Å². The van der Waals surface area contributed by atoms with Crippen molar-refractivity contribution in [3.8, 4) is 0 Å². The predicted octanol–water partition coefficient (Wildman–Crippen LogP) is 3.23. The van der Waals surface area contributed by atoms with E-state index in [1.807, 2.05) is 49.3 Å². The average Bonchev–Trinajstić information content (AvgIpc) is 2.55. The highest BCUT2D eigenvalue weighted by molar-refractivity contribution is 6.32. The third-order valence-electron chi connectivity index (χ3n) is 3.03. The van der Waals surface area contributed by atoms with E-state index in [0.29, 0.717) is 0 Å². The lowest BCUT2D eigenvalue weighted by molar-refractivity contribution is 0.0955. The number of carbonyl (C=O) groups is 1. The first-order valence-corrected chi connectivity index (χ1v) is 7.33. The second kappa shape index (κ2) is 8.10. The van der Waals surface area contributed by atoms with Crippen LogP contribution in [0.15, 0.2) is 53.8 Å². The van der Waals surface area contributed by atoms with Gasteiger partial charge in [0, 0.05) is 32.2 Å². The van der Waals surface area contributed by atoms with Crippen molar-refractivity contribution in [1.29, 1.82) is 0 Å². The molecule has 1 amide bonds. The Kier molecular flexibility index (Phi) is 5.88. The van der Waals surface area contributed by atoms with Crippen LogP contribution in [0.3, 0.4) is 0 Å². The van der Waals surface area contributed by atoms with Gasteiger partial charge in [-0.05, 0) is 35.9 Å². The van der Waals surface area contributed by atoms with E-state index in [1.54, 1.807) is 18.2 Å². The summed E-state index contributed by atoms with van der Waals surface area (Å²) < 4.78 is 0. The molecule has 0 bridgehead atoms. The molecule has 0 spiro atoms. The highest BCUT2D eigenvalue weighted by atomic mass is 35.5. The van der Waals surface area contributed by atoms with Crippen LogP contribution in [0.1, 0.15) is 15.9 Å². The first-order valence-electron chi connectivity index (χ1n) is 6.96. The van der Waals surface area contributed by atoms with Crippen LogP contribution in [0.25, 0.3) is 6.08 Å². The fraction of sp³-hybridized carbons (Fsp3) is 0.118. The summed E-state index contributed by atoms with van der Waals surface area (Å²) in [4.78, 5) is 17.7. The van der Waals surface area contributed by atoms with Gasteiger partial charge in [-0.3, -0.25) is 4.79 Å². The van der Waals surface area contributed by atoms with Gasteiger partial charge in [0.1, 0.15) is 5.15 Å². The third-order valence-corrected chi connectivity index (χ3v) is 3.33. The van der Waals surface area contributed by atoms with E-state index < -0.39 is 5.91 Å². The van der Waals surface area contributed by atoms with Gasteiger partial charge in [-0.2, -0.15) is 5.10 Å². The summed E-state index contributed by atoms with van der Waals surface area (Å²) in [5, 5.41) is 3.99. The number of hydrogen-bond donors (Lipinski definition) is 1. The zero-order valence-corrected chi connectivity index (χ0v) is 13.7. The van der Waals surface area contributed by atoms with Crippen molar-refractivity contribution in [1.82, 2.24) is 10.4 Å². The molecule has 2 aromatic rings. The number of hydrazone groups is 1. The van der Waals surface area contributed by atoms with Gasteiger partial charge in [0.2, 0.25) is 0 Å². The van der Waals surface area contributed by atoms with E-state index in [0.717, 1.165) is 11.3 Å². The number of anilines is 1. The number of hydrogen-bond acceptors (Lipinski definition) is 4. The van der Waals surface area contributed by atoms with E-state index in [-0.39, 0.29) is 10.7 Å². The van der Waals surface area contributed by atoms with Crippen LogP contribution in [-0.4, -0.2) is 31.2 Å². The fourth-order valence-electron chi connectivity index (χ4n) is 1.79. The first kappa shape index (κ1) is 16.7. The molecule has 1 aromatic heterocycles. The quantitative estimate of drug-likeness (QED) is 0.521. The molecular formula is C17H17ClN4O. The number of amides is 1. The van der Waals surface area contributed by atoms with E-state index >= 15 is 0 Å². The number of carbonyl (C=O) groups excluding carboxylic acids is 1. The fourth-order valence-corrected chi connectivity index (χ4v) is 2.00. The Bertz CT molecular complexity index is 724. The molecule has 0 atom stereocenters. The summed E-state index contributed by atoms with van der Waals surface area (Å²) in [5.41, 5.74) is 4.87. The number of halogens is 1. The Morgan fingerprint density at radius 2 is 2.00 bits per heavy atom. The Morgan fingerprint density at radius 1 is 1.26 bits per heavy atom. The molecule has 0 unspecified atom stereocenters. The third kappa shape index (κ3) is 4.93. The van der Waals surface area contributed by atoms with Gasteiger partial charge in [0.25, 0.3) is 5.91 Å². The maximum absolute atomic E-state index is 11.8. The van der Waals surface area contributed by atoms with E-state index in [4.69, 9.17) is 11.6 Å². The van der Waals surface area contributed by atoms with Gasteiger partial charge >= 0.3 is 0 Å². The molecule has 0 radical (unpaired) electrons. The van der Waals surface area contributed by atoms with E-state index in [9.17, 15) is 4.79 Å². The number of nitrogens with one attached hydrogen (secondary N) is 1. The topological polar surface area (TPSA) is 57.6 Å². The summed E-state index contributed by atoms with van der Waals surface area (Å²) in [6.07, 6.45) is 6.66. The lowest BCUT2D eigenvalue weighted by Crippen LogP contribution is -2.18. The molecule has 2 rings (SSSR count). The minimum absolute atomic E-state index is 0.150. The van der Waals surface area contributed by atoms with Crippen molar-refractivity contribution in [2.24, 2.45) is 5.10 Å². The number of rotatable bonds is 5. The van der Waals surface area contributed by atoms with E-state index in [1.165, 1.54) is 12.4 Å². The van der Waals surface area contributed by atoms with Crippen molar-refractivity contribution in [2.75, 3.05) is 19.0 Å². The van der Waals surface area contributed by atoms with Crippen LogP contribution in [0.4, 0.5) is 5.69 Å². The van der Waals surface area contributed by atoms with Gasteiger partial charge in [-0.15, -0.1) is 0 Å². The van der Waals surface area contributed by atoms with Gasteiger partial charge in [0.05, 0.1) is 5.56 Å². The molecule has 0 saturated carbocycles. The summed E-state index contributed by atoms with van der Waals surface area (Å²) in [6, 6.07) is 11.3. The number of nitrogens with zero attached hydrogens (tertiary/aromatic N) is 3. The molecule has 0 saturated heterocycles. The minimum atomic E-state index is -0.400.